The molecule has 0 bridgehead atoms. The SMILES string of the molecule is Cc1ccc(C)c(N([C@H](C)C(=O)N2CCC[C@@H](C)C2)S(C)(=O)=O)c1. The number of hydrogen-bond donors (Lipinski definition) is 0. The number of carbonyl (C=O) groups excluding carboxylic acids is 1. The lowest BCUT2D eigenvalue weighted by Gasteiger charge is -2.36. The number of hydrogen-bond acceptors (Lipinski definition) is 3. The third-order valence-electron chi connectivity index (χ3n) is 4.64. The van der Waals surface area contributed by atoms with Crippen LogP contribution in [0.4, 0.5) is 5.69 Å². The minimum Gasteiger partial charge on any atom is -0.341 e. The lowest BCUT2D eigenvalue weighted by atomic mass is 9.99. The molecule has 134 valence electrons. The summed E-state index contributed by atoms with van der Waals surface area (Å²) in [6, 6.07) is 4.92. The zero-order valence-corrected chi connectivity index (χ0v) is 16.1. The average molecular weight is 353 g/mol. The van der Waals surface area contributed by atoms with Gasteiger partial charge < -0.3 is 4.90 Å². The Hall–Kier alpha value is -1.56. The maximum atomic E-state index is 12.9. The van der Waals surface area contributed by atoms with Crippen LogP contribution in [0.1, 0.15) is 37.8 Å². The fourth-order valence-corrected chi connectivity index (χ4v) is 4.60. The quantitative estimate of drug-likeness (QED) is 0.837. The van der Waals surface area contributed by atoms with Crippen LogP contribution in [0.5, 0.6) is 0 Å². The molecule has 0 saturated carbocycles. The summed E-state index contributed by atoms with van der Waals surface area (Å²) in [6.45, 7) is 9.01. The van der Waals surface area contributed by atoms with Gasteiger partial charge in [0.25, 0.3) is 0 Å². The number of nitrogens with zero attached hydrogens (tertiary/aromatic N) is 2. The van der Waals surface area contributed by atoms with E-state index in [1.165, 1.54) is 4.31 Å². The fourth-order valence-electron chi connectivity index (χ4n) is 3.39. The van der Waals surface area contributed by atoms with Crippen molar-refractivity contribution in [2.45, 2.75) is 46.6 Å². The van der Waals surface area contributed by atoms with Crippen LogP contribution in [0, 0.1) is 19.8 Å². The maximum absolute atomic E-state index is 12.9. The van der Waals surface area contributed by atoms with Crippen molar-refractivity contribution in [2.75, 3.05) is 23.7 Å². The summed E-state index contributed by atoms with van der Waals surface area (Å²) >= 11 is 0. The Morgan fingerprint density at radius 2 is 2.00 bits per heavy atom. The number of benzene rings is 1. The Morgan fingerprint density at radius 1 is 1.33 bits per heavy atom. The number of piperidine rings is 1. The second kappa shape index (κ2) is 7.13. The van der Waals surface area contributed by atoms with Crippen molar-refractivity contribution in [3.63, 3.8) is 0 Å². The van der Waals surface area contributed by atoms with Gasteiger partial charge in [-0.1, -0.05) is 19.1 Å². The number of amides is 1. The van der Waals surface area contributed by atoms with Gasteiger partial charge in [-0.05, 0) is 56.7 Å². The number of anilines is 1. The van der Waals surface area contributed by atoms with Crippen LogP contribution in [-0.4, -0.2) is 44.6 Å². The summed E-state index contributed by atoms with van der Waals surface area (Å²) in [7, 11) is -3.57. The Morgan fingerprint density at radius 3 is 2.58 bits per heavy atom. The van der Waals surface area contributed by atoms with Gasteiger partial charge in [0.2, 0.25) is 15.9 Å². The van der Waals surface area contributed by atoms with Crippen molar-refractivity contribution in [1.82, 2.24) is 4.90 Å². The average Bonchev–Trinajstić information content (AvgIpc) is 2.48. The summed E-state index contributed by atoms with van der Waals surface area (Å²) < 4.78 is 26.2. The molecule has 1 aromatic carbocycles. The number of likely N-dealkylation sites (tertiary alicyclic amines) is 1. The summed E-state index contributed by atoms with van der Waals surface area (Å²) in [5, 5.41) is 0. The van der Waals surface area contributed by atoms with Crippen LogP contribution in [0.15, 0.2) is 18.2 Å². The Bertz CT molecular complexity index is 715. The Kier molecular flexibility index (Phi) is 5.58. The van der Waals surface area contributed by atoms with E-state index in [0.717, 1.165) is 30.2 Å². The molecular formula is C18H28N2O3S. The normalized spacial score (nSPS) is 19.9. The molecule has 0 spiro atoms. The zero-order valence-electron chi connectivity index (χ0n) is 15.2. The van der Waals surface area contributed by atoms with E-state index in [9.17, 15) is 13.2 Å². The van der Waals surface area contributed by atoms with E-state index < -0.39 is 16.1 Å². The molecule has 1 saturated heterocycles. The first-order chi connectivity index (χ1) is 11.1. The summed E-state index contributed by atoms with van der Waals surface area (Å²) in [4.78, 5) is 14.7. The highest BCUT2D eigenvalue weighted by Crippen LogP contribution is 2.27. The highest BCUT2D eigenvalue weighted by molar-refractivity contribution is 7.92. The van der Waals surface area contributed by atoms with E-state index in [0.29, 0.717) is 24.7 Å². The van der Waals surface area contributed by atoms with Crippen LogP contribution >= 0.6 is 0 Å². The molecule has 0 aliphatic carbocycles. The predicted molar refractivity (Wildman–Crippen MR) is 97.7 cm³/mol. The highest BCUT2D eigenvalue weighted by atomic mass is 32.2. The first-order valence-corrected chi connectivity index (χ1v) is 10.3. The molecule has 1 aromatic rings. The molecule has 1 heterocycles. The topological polar surface area (TPSA) is 57.7 Å². The van der Waals surface area contributed by atoms with Gasteiger partial charge in [-0.15, -0.1) is 0 Å². The van der Waals surface area contributed by atoms with E-state index >= 15 is 0 Å². The first-order valence-electron chi connectivity index (χ1n) is 8.46. The van der Waals surface area contributed by atoms with Gasteiger partial charge in [0.05, 0.1) is 11.9 Å². The fraction of sp³-hybridized carbons (Fsp3) is 0.611. The molecule has 2 rings (SSSR count). The van der Waals surface area contributed by atoms with Gasteiger partial charge in [-0.2, -0.15) is 0 Å². The number of sulfonamides is 1. The largest absolute Gasteiger partial charge is 0.341 e. The second-order valence-electron chi connectivity index (χ2n) is 7.06. The third-order valence-corrected chi connectivity index (χ3v) is 5.86. The molecule has 6 heteroatoms. The molecule has 2 atom stereocenters. The maximum Gasteiger partial charge on any atom is 0.246 e. The van der Waals surface area contributed by atoms with Crippen molar-refractivity contribution in [1.29, 1.82) is 0 Å². The smallest absolute Gasteiger partial charge is 0.246 e. The van der Waals surface area contributed by atoms with Crippen molar-refractivity contribution >= 4 is 21.6 Å². The van der Waals surface area contributed by atoms with Gasteiger partial charge >= 0.3 is 0 Å². The minimum atomic E-state index is -3.57. The Balaban J connectivity index is 2.38. The molecule has 0 radical (unpaired) electrons. The lowest BCUT2D eigenvalue weighted by Crippen LogP contribution is -2.51. The molecule has 1 aliphatic rings. The van der Waals surface area contributed by atoms with Crippen LogP contribution in [0.25, 0.3) is 0 Å². The lowest BCUT2D eigenvalue weighted by molar-refractivity contribution is -0.133. The van der Waals surface area contributed by atoms with E-state index in [-0.39, 0.29) is 5.91 Å². The molecular weight excluding hydrogens is 324 g/mol. The zero-order chi connectivity index (χ0) is 18.1. The first kappa shape index (κ1) is 18.8. The van der Waals surface area contributed by atoms with Crippen molar-refractivity contribution in [3.05, 3.63) is 29.3 Å². The van der Waals surface area contributed by atoms with Gasteiger partial charge in [-0.25, -0.2) is 8.42 Å². The van der Waals surface area contributed by atoms with Crippen molar-refractivity contribution < 1.29 is 13.2 Å². The molecule has 0 unspecified atom stereocenters. The van der Waals surface area contributed by atoms with Crippen LogP contribution < -0.4 is 4.31 Å². The van der Waals surface area contributed by atoms with Gasteiger partial charge in [-0.3, -0.25) is 9.10 Å². The minimum absolute atomic E-state index is 0.118. The number of rotatable bonds is 4. The predicted octanol–water partition coefficient (Wildman–Crippen LogP) is 2.72. The van der Waals surface area contributed by atoms with Crippen LogP contribution in [0.3, 0.4) is 0 Å². The molecule has 1 fully saturated rings. The van der Waals surface area contributed by atoms with Crippen LogP contribution in [0.2, 0.25) is 0 Å². The highest BCUT2D eigenvalue weighted by Gasteiger charge is 2.34. The van der Waals surface area contributed by atoms with Gasteiger partial charge in [0.1, 0.15) is 6.04 Å². The van der Waals surface area contributed by atoms with Gasteiger partial charge in [0.15, 0.2) is 0 Å². The van der Waals surface area contributed by atoms with Crippen molar-refractivity contribution in [2.24, 2.45) is 5.92 Å². The van der Waals surface area contributed by atoms with Crippen molar-refractivity contribution in [3.8, 4) is 0 Å². The molecule has 0 N–H and O–H groups in total. The van der Waals surface area contributed by atoms with Crippen LogP contribution in [-0.2, 0) is 14.8 Å². The molecule has 1 amide bonds. The van der Waals surface area contributed by atoms with E-state index in [1.54, 1.807) is 6.92 Å². The van der Waals surface area contributed by atoms with E-state index in [1.807, 2.05) is 36.9 Å². The molecule has 24 heavy (non-hydrogen) atoms. The third kappa shape index (κ3) is 4.09. The Labute approximate surface area is 145 Å². The monoisotopic (exact) mass is 352 g/mol. The summed E-state index contributed by atoms with van der Waals surface area (Å²) in [5.41, 5.74) is 2.40. The molecule has 1 aliphatic heterocycles. The number of carbonyl (C=O) groups is 1. The summed E-state index contributed by atoms with van der Waals surface area (Å²) in [6.07, 6.45) is 3.25. The second-order valence-corrected chi connectivity index (χ2v) is 8.92. The van der Waals surface area contributed by atoms with E-state index in [4.69, 9.17) is 0 Å². The van der Waals surface area contributed by atoms with Gasteiger partial charge in [0, 0.05) is 13.1 Å². The molecule has 0 aromatic heterocycles. The standard InChI is InChI=1S/C18H28N2O3S/c1-13-8-9-15(3)17(11-13)20(24(5,22)23)16(4)18(21)19-10-6-7-14(2)12-19/h8-9,11,14,16H,6-7,10,12H2,1-5H3/t14-,16-/m1/s1. The number of aryl methyl sites for hydroxylation is 2. The summed E-state index contributed by atoms with van der Waals surface area (Å²) in [5.74, 6) is 0.343. The molecule has 5 nitrogen and oxygen atoms in total. The van der Waals surface area contributed by atoms with E-state index in [2.05, 4.69) is 6.92 Å².